The lowest BCUT2D eigenvalue weighted by Crippen LogP contribution is -1.93. The minimum atomic E-state index is 0.266. The summed E-state index contributed by atoms with van der Waals surface area (Å²) >= 11 is 0. The summed E-state index contributed by atoms with van der Waals surface area (Å²) in [5.41, 5.74) is 3.89. The lowest BCUT2D eigenvalue weighted by Gasteiger charge is -2.15. The molecule has 2 heteroatoms. The number of rotatable bonds is 0. The fraction of sp³-hybridized carbons (Fsp3) is 0.294. The van der Waals surface area contributed by atoms with Crippen molar-refractivity contribution in [3.8, 4) is 22.6 Å². The van der Waals surface area contributed by atoms with Crippen molar-refractivity contribution >= 4 is 0 Å². The normalized spacial score (nSPS) is 14.7. The smallest absolute Gasteiger partial charge is 0.123 e. The van der Waals surface area contributed by atoms with E-state index in [1.807, 2.05) is 12.1 Å². The van der Waals surface area contributed by atoms with Gasteiger partial charge in [-0.05, 0) is 48.9 Å². The summed E-state index contributed by atoms with van der Waals surface area (Å²) < 4.78 is 0. The van der Waals surface area contributed by atoms with Gasteiger partial charge in [-0.1, -0.05) is 30.7 Å². The third-order valence-corrected chi connectivity index (χ3v) is 3.90. The van der Waals surface area contributed by atoms with Crippen molar-refractivity contribution in [1.29, 1.82) is 0 Å². The molecule has 0 atom stereocenters. The van der Waals surface area contributed by atoms with Crippen LogP contribution in [0.3, 0.4) is 0 Å². The molecule has 2 aromatic carbocycles. The number of benzene rings is 2. The van der Waals surface area contributed by atoms with Gasteiger partial charge in [0.1, 0.15) is 11.5 Å². The predicted molar refractivity (Wildman–Crippen MR) is 76.5 cm³/mol. The van der Waals surface area contributed by atoms with Crippen LogP contribution in [0, 0.1) is 0 Å². The summed E-state index contributed by atoms with van der Waals surface area (Å²) in [4.78, 5) is 0. The van der Waals surface area contributed by atoms with E-state index in [1.165, 1.54) is 6.42 Å². The van der Waals surface area contributed by atoms with E-state index >= 15 is 0 Å². The lowest BCUT2D eigenvalue weighted by molar-refractivity contribution is 0.468. The first kappa shape index (κ1) is 12.1. The van der Waals surface area contributed by atoms with Crippen LogP contribution in [0.1, 0.15) is 30.4 Å². The van der Waals surface area contributed by atoms with Gasteiger partial charge >= 0.3 is 0 Å². The largest absolute Gasteiger partial charge is 0.507 e. The summed E-state index contributed by atoms with van der Waals surface area (Å²) in [5.74, 6) is 0.532. The van der Waals surface area contributed by atoms with Gasteiger partial charge in [-0.3, -0.25) is 0 Å². The Balaban J connectivity index is 2.30. The van der Waals surface area contributed by atoms with E-state index in [-0.39, 0.29) is 11.5 Å². The van der Waals surface area contributed by atoms with E-state index in [1.54, 1.807) is 12.1 Å². The van der Waals surface area contributed by atoms with E-state index in [2.05, 4.69) is 12.1 Å². The fourth-order valence-electron chi connectivity index (χ4n) is 2.97. The molecule has 0 spiro atoms. The number of aromatic hydroxyl groups is 2. The topological polar surface area (TPSA) is 40.5 Å². The van der Waals surface area contributed by atoms with Gasteiger partial charge in [0.2, 0.25) is 0 Å². The monoisotopic (exact) mass is 254 g/mol. The molecule has 0 fully saturated rings. The molecule has 0 saturated carbocycles. The van der Waals surface area contributed by atoms with Gasteiger partial charge in [-0.2, -0.15) is 0 Å². The van der Waals surface area contributed by atoms with E-state index in [0.717, 1.165) is 47.9 Å². The Morgan fingerprint density at radius 3 is 1.58 bits per heavy atom. The molecule has 0 saturated heterocycles. The van der Waals surface area contributed by atoms with Gasteiger partial charge in [-0.25, -0.2) is 0 Å². The number of phenols is 2. The van der Waals surface area contributed by atoms with Gasteiger partial charge < -0.3 is 10.2 Å². The maximum Gasteiger partial charge on any atom is 0.123 e. The van der Waals surface area contributed by atoms with Crippen molar-refractivity contribution in [1.82, 2.24) is 0 Å². The molecule has 19 heavy (non-hydrogen) atoms. The Labute approximate surface area is 113 Å². The molecule has 0 aliphatic heterocycles. The van der Waals surface area contributed by atoms with E-state index in [0.29, 0.717) is 0 Å². The molecule has 1 aliphatic rings. The standard InChI is InChI=1S/C17H18O2/c18-14-10-4-8-12-6-2-1-3-7-13-9-5-11-15(19)17(13)16(12)14/h4-5,8-11,18-19H,1-3,6-7H2. The number of aryl methyl sites for hydroxylation is 2. The van der Waals surface area contributed by atoms with Crippen LogP contribution >= 0.6 is 0 Å². The van der Waals surface area contributed by atoms with Crippen LogP contribution in [0.5, 0.6) is 11.5 Å². The van der Waals surface area contributed by atoms with Crippen LogP contribution in [-0.4, -0.2) is 10.2 Å². The molecule has 0 unspecified atom stereocenters. The fourth-order valence-corrected chi connectivity index (χ4v) is 2.97. The molecule has 98 valence electrons. The molecule has 0 heterocycles. The first-order valence-corrected chi connectivity index (χ1v) is 6.89. The molecule has 3 rings (SSSR count). The summed E-state index contributed by atoms with van der Waals surface area (Å²) in [5, 5.41) is 20.5. The predicted octanol–water partition coefficient (Wildman–Crippen LogP) is 4.03. The Morgan fingerprint density at radius 2 is 1.11 bits per heavy atom. The van der Waals surface area contributed by atoms with Crippen LogP contribution in [0.2, 0.25) is 0 Å². The molecule has 0 bridgehead atoms. The summed E-state index contributed by atoms with van der Waals surface area (Å²) in [6.07, 6.45) is 5.36. The Morgan fingerprint density at radius 1 is 0.632 bits per heavy atom. The molecule has 1 aliphatic carbocycles. The maximum absolute atomic E-state index is 10.2. The molecule has 0 radical (unpaired) electrons. The molecule has 2 N–H and O–H groups in total. The van der Waals surface area contributed by atoms with E-state index in [9.17, 15) is 10.2 Å². The van der Waals surface area contributed by atoms with Crippen LogP contribution in [0.15, 0.2) is 36.4 Å². The van der Waals surface area contributed by atoms with Gasteiger partial charge in [-0.15, -0.1) is 0 Å². The highest BCUT2D eigenvalue weighted by Crippen LogP contribution is 2.42. The zero-order valence-electron chi connectivity index (χ0n) is 10.9. The number of hydrogen-bond acceptors (Lipinski definition) is 2. The summed E-state index contributed by atoms with van der Waals surface area (Å²) in [6, 6.07) is 11.3. The van der Waals surface area contributed by atoms with E-state index < -0.39 is 0 Å². The molecular formula is C17H18O2. The van der Waals surface area contributed by atoms with Crippen molar-refractivity contribution in [2.75, 3.05) is 0 Å². The Hall–Kier alpha value is -1.96. The second-order valence-corrected chi connectivity index (χ2v) is 5.18. The van der Waals surface area contributed by atoms with Crippen LogP contribution in [0.4, 0.5) is 0 Å². The van der Waals surface area contributed by atoms with Crippen molar-refractivity contribution in [2.24, 2.45) is 0 Å². The van der Waals surface area contributed by atoms with Crippen molar-refractivity contribution < 1.29 is 10.2 Å². The third-order valence-electron chi connectivity index (χ3n) is 3.90. The SMILES string of the molecule is Oc1cccc2c1-c1c(O)cccc1CCCCC2. The molecule has 0 amide bonds. The number of fused-ring (bicyclic) bond motifs is 3. The average molecular weight is 254 g/mol. The minimum Gasteiger partial charge on any atom is -0.507 e. The highest BCUT2D eigenvalue weighted by atomic mass is 16.3. The quantitative estimate of drug-likeness (QED) is 0.745. The molecule has 2 aromatic rings. The minimum absolute atomic E-state index is 0.266. The Kier molecular flexibility index (Phi) is 3.16. The van der Waals surface area contributed by atoms with Crippen LogP contribution in [0.25, 0.3) is 11.1 Å². The van der Waals surface area contributed by atoms with Crippen molar-refractivity contribution in [3.63, 3.8) is 0 Å². The Bertz CT molecular complexity index is 549. The van der Waals surface area contributed by atoms with Crippen LogP contribution in [-0.2, 0) is 12.8 Å². The average Bonchev–Trinajstić information content (AvgIpc) is 2.48. The molecule has 2 nitrogen and oxygen atoms in total. The second-order valence-electron chi connectivity index (χ2n) is 5.18. The maximum atomic E-state index is 10.2. The van der Waals surface area contributed by atoms with Crippen LogP contribution < -0.4 is 0 Å². The molecular weight excluding hydrogens is 236 g/mol. The van der Waals surface area contributed by atoms with E-state index in [4.69, 9.17) is 0 Å². The van der Waals surface area contributed by atoms with Gasteiger partial charge in [0.25, 0.3) is 0 Å². The zero-order chi connectivity index (χ0) is 13.2. The highest BCUT2D eigenvalue weighted by Gasteiger charge is 2.18. The number of phenolic OH excluding ortho intramolecular Hbond substituents is 2. The second kappa shape index (κ2) is 4.96. The first-order chi connectivity index (χ1) is 9.27. The zero-order valence-corrected chi connectivity index (χ0v) is 10.9. The summed E-state index contributed by atoms with van der Waals surface area (Å²) in [6.45, 7) is 0. The van der Waals surface area contributed by atoms with Gasteiger partial charge in [0.15, 0.2) is 0 Å². The van der Waals surface area contributed by atoms with Crippen molar-refractivity contribution in [2.45, 2.75) is 32.1 Å². The first-order valence-electron chi connectivity index (χ1n) is 6.89. The number of hydrogen-bond donors (Lipinski definition) is 2. The lowest BCUT2D eigenvalue weighted by atomic mass is 9.91. The summed E-state index contributed by atoms with van der Waals surface area (Å²) in [7, 11) is 0. The van der Waals surface area contributed by atoms with Gasteiger partial charge in [0.05, 0.1) is 0 Å². The third kappa shape index (κ3) is 2.19. The highest BCUT2D eigenvalue weighted by molar-refractivity contribution is 5.81. The molecule has 0 aromatic heterocycles. The van der Waals surface area contributed by atoms with Crippen molar-refractivity contribution in [3.05, 3.63) is 47.5 Å². The van der Waals surface area contributed by atoms with Gasteiger partial charge in [0, 0.05) is 11.1 Å².